The molecule has 0 amide bonds. The highest BCUT2D eigenvalue weighted by Crippen LogP contribution is 2.25. The lowest BCUT2D eigenvalue weighted by molar-refractivity contribution is 0.405. The first-order valence-corrected chi connectivity index (χ1v) is 10.5. The summed E-state index contributed by atoms with van der Waals surface area (Å²) in [5.41, 5.74) is 2.80. The Balaban J connectivity index is 1.84. The van der Waals surface area contributed by atoms with Crippen molar-refractivity contribution in [2.75, 3.05) is 44.1 Å². The summed E-state index contributed by atoms with van der Waals surface area (Å²) in [7, 11) is 4.15. The fourth-order valence-electron chi connectivity index (χ4n) is 2.70. The quantitative estimate of drug-likeness (QED) is 0.413. The van der Waals surface area contributed by atoms with Crippen LogP contribution in [0.1, 0.15) is 6.42 Å². The van der Waals surface area contributed by atoms with Crippen molar-refractivity contribution in [3.63, 3.8) is 0 Å². The highest BCUT2D eigenvalue weighted by atomic mass is 32.2. The number of nitrogens with one attached hydrogen (secondary N) is 2. The van der Waals surface area contributed by atoms with Crippen molar-refractivity contribution in [3.8, 4) is 11.3 Å². The van der Waals surface area contributed by atoms with Crippen LogP contribution in [0.25, 0.3) is 11.3 Å². The lowest BCUT2D eigenvalue weighted by Crippen LogP contribution is -2.17. The first-order chi connectivity index (χ1) is 13.6. The molecule has 0 spiro atoms. The minimum Gasteiger partial charge on any atom is -0.354 e. The van der Waals surface area contributed by atoms with Crippen LogP contribution in [0, 0.1) is 0 Å². The second-order valence-electron chi connectivity index (χ2n) is 6.64. The highest BCUT2D eigenvalue weighted by molar-refractivity contribution is 7.98. The molecule has 0 aliphatic heterocycles. The average molecular weight is 395 g/mol. The SMILES string of the molecule is CSc1cccc(Nc2cc(-c3cccnc3)nc(NCCCN(C)C)n2)c1. The molecule has 1 aromatic carbocycles. The van der Waals surface area contributed by atoms with E-state index in [2.05, 4.69) is 63.0 Å². The minimum atomic E-state index is 0.614. The average Bonchev–Trinajstić information content (AvgIpc) is 2.72. The Labute approximate surface area is 170 Å². The van der Waals surface area contributed by atoms with Crippen LogP contribution in [0.3, 0.4) is 0 Å². The van der Waals surface area contributed by atoms with Gasteiger partial charge >= 0.3 is 0 Å². The first-order valence-electron chi connectivity index (χ1n) is 9.23. The summed E-state index contributed by atoms with van der Waals surface area (Å²) >= 11 is 1.72. The van der Waals surface area contributed by atoms with Gasteiger partial charge in [-0.15, -0.1) is 11.8 Å². The number of hydrogen-bond donors (Lipinski definition) is 2. The molecule has 146 valence electrons. The van der Waals surface area contributed by atoms with E-state index in [1.165, 1.54) is 4.90 Å². The van der Waals surface area contributed by atoms with Crippen LogP contribution >= 0.6 is 11.8 Å². The van der Waals surface area contributed by atoms with Crippen LogP contribution < -0.4 is 10.6 Å². The lowest BCUT2D eigenvalue weighted by atomic mass is 10.2. The van der Waals surface area contributed by atoms with Crippen LogP contribution in [-0.2, 0) is 0 Å². The molecule has 0 radical (unpaired) electrons. The number of pyridine rings is 1. The number of anilines is 3. The molecular formula is C21H26N6S. The van der Waals surface area contributed by atoms with E-state index in [4.69, 9.17) is 0 Å². The molecule has 0 saturated carbocycles. The highest BCUT2D eigenvalue weighted by Gasteiger charge is 2.08. The van der Waals surface area contributed by atoms with Crippen molar-refractivity contribution in [3.05, 3.63) is 54.9 Å². The van der Waals surface area contributed by atoms with Gasteiger partial charge in [0.1, 0.15) is 5.82 Å². The minimum absolute atomic E-state index is 0.614. The third-order valence-corrected chi connectivity index (χ3v) is 4.82. The van der Waals surface area contributed by atoms with Crippen molar-refractivity contribution in [2.45, 2.75) is 11.3 Å². The molecule has 2 aromatic heterocycles. The van der Waals surface area contributed by atoms with E-state index in [9.17, 15) is 0 Å². The third kappa shape index (κ3) is 5.94. The molecule has 0 aliphatic carbocycles. The first kappa shape index (κ1) is 20.1. The Morgan fingerprint density at radius 2 is 1.96 bits per heavy atom. The Morgan fingerprint density at radius 3 is 2.71 bits per heavy atom. The van der Waals surface area contributed by atoms with Crippen molar-refractivity contribution in [1.82, 2.24) is 19.9 Å². The van der Waals surface area contributed by atoms with E-state index >= 15 is 0 Å². The van der Waals surface area contributed by atoms with Gasteiger partial charge in [0.15, 0.2) is 0 Å². The van der Waals surface area contributed by atoms with Gasteiger partial charge in [-0.25, -0.2) is 4.98 Å². The molecule has 28 heavy (non-hydrogen) atoms. The smallest absolute Gasteiger partial charge is 0.225 e. The Hall–Kier alpha value is -2.64. The van der Waals surface area contributed by atoms with Gasteiger partial charge in [0, 0.05) is 41.2 Å². The van der Waals surface area contributed by atoms with Crippen LogP contribution in [-0.4, -0.2) is 53.3 Å². The number of benzene rings is 1. The van der Waals surface area contributed by atoms with Gasteiger partial charge in [-0.3, -0.25) is 4.98 Å². The zero-order valence-electron chi connectivity index (χ0n) is 16.5. The van der Waals surface area contributed by atoms with E-state index in [1.807, 2.05) is 36.5 Å². The van der Waals surface area contributed by atoms with Gasteiger partial charge in [0.05, 0.1) is 5.69 Å². The number of hydrogen-bond acceptors (Lipinski definition) is 7. The van der Waals surface area contributed by atoms with Crippen molar-refractivity contribution in [1.29, 1.82) is 0 Å². The number of rotatable bonds is 9. The summed E-state index contributed by atoms with van der Waals surface area (Å²) in [6, 6.07) is 14.1. The van der Waals surface area contributed by atoms with Crippen molar-refractivity contribution in [2.24, 2.45) is 0 Å². The summed E-state index contributed by atoms with van der Waals surface area (Å²) < 4.78 is 0. The van der Waals surface area contributed by atoms with E-state index < -0.39 is 0 Å². The normalized spacial score (nSPS) is 10.9. The molecule has 2 heterocycles. The molecule has 3 aromatic rings. The fourth-order valence-corrected chi connectivity index (χ4v) is 3.16. The van der Waals surface area contributed by atoms with E-state index in [0.717, 1.165) is 42.3 Å². The topological polar surface area (TPSA) is 66.0 Å². The van der Waals surface area contributed by atoms with Gasteiger partial charge in [-0.05, 0) is 63.6 Å². The summed E-state index contributed by atoms with van der Waals surface area (Å²) in [5.74, 6) is 1.37. The summed E-state index contributed by atoms with van der Waals surface area (Å²) in [6.45, 7) is 1.83. The molecule has 6 nitrogen and oxygen atoms in total. The maximum absolute atomic E-state index is 4.68. The molecule has 0 atom stereocenters. The van der Waals surface area contributed by atoms with Gasteiger partial charge in [0.25, 0.3) is 0 Å². The van der Waals surface area contributed by atoms with Gasteiger partial charge in [-0.2, -0.15) is 4.98 Å². The molecule has 2 N–H and O–H groups in total. The third-order valence-electron chi connectivity index (χ3n) is 4.09. The van der Waals surface area contributed by atoms with Crippen molar-refractivity contribution >= 4 is 29.2 Å². The maximum Gasteiger partial charge on any atom is 0.225 e. The van der Waals surface area contributed by atoms with E-state index in [-0.39, 0.29) is 0 Å². The Kier molecular flexibility index (Phi) is 7.22. The molecule has 0 saturated heterocycles. The second kappa shape index (κ2) is 10.1. The standard InChI is InChI=1S/C21H26N6S/c1-27(2)12-6-11-23-21-25-19(16-7-5-10-22-15-16)14-20(26-21)24-17-8-4-9-18(13-17)28-3/h4-5,7-10,13-15H,6,11-12H2,1-3H3,(H2,23,24,25,26). The van der Waals surface area contributed by atoms with Crippen LogP contribution in [0.2, 0.25) is 0 Å². The van der Waals surface area contributed by atoms with E-state index in [1.54, 1.807) is 18.0 Å². The Morgan fingerprint density at radius 1 is 1.07 bits per heavy atom. The molecule has 3 rings (SSSR count). The largest absolute Gasteiger partial charge is 0.354 e. The molecule has 7 heteroatoms. The maximum atomic E-state index is 4.68. The van der Waals surface area contributed by atoms with Crippen LogP contribution in [0.5, 0.6) is 0 Å². The predicted octanol–water partition coefficient (Wildman–Crippen LogP) is 4.37. The second-order valence-corrected chi connectivity index (χ2v) is 7.52. The molecule has 0 fully saturated rings. The van der Waals surface area contributed by atoms with Gasteiger partial charge in [0.2, 0.25) is 5.95 Å². The molecule has 0 aliphatic rings. The molecule has 0 unspecified atom stereocenters. The van der Waals surface area contributed by atoms with E-state index in [0.29, 0.717) is 5.95 Å². The zero-order chi connectivity index (χ0) is 19.8. The zero-order valence-corrected chi connectivity index (χ0v) is 17.3. The number of nitrogens with zero attached hydrogens (tertiary/aromatic N) is 4. The summed E-state index contributed by atoms with van der Waals surface area (Å²) in [4.78, 5) is 16.9. The lowest BCUT2D eigenvalue weighted by Gasteiger charge is -2.13. The molecule has 0 bridgehead atoms. The van der Waals surface area contributed by atoms with Crippen LogP contribution in [0.4, 0.5) is 17.5 Å². The van der Waals surface area contributed by atoms with Gasteiger partial charge < -0.3 is 15.5 Å². The predicted molar refractivity (Wildman–Crippen MR) is 118 cm³/mol. The number of thioether (sulfide) groups is 1. The number of aromatic nitrogens is 3. The summed E-state index contributed by atoms with van der Waals surface area (Å²) in [6.07, 6.45) is 6.67. The van der Waals surface area contributed by atoms with Crippen molar-refractivity contribution < 1.29 is 0 Å². The Bertz CT molecular complexity index is 885. The summed E-state index contributed by atoms with van der Waals surface area (Å²) in [5, 5.41) is 6.75. The van der Waals surface area contributed by atoms with Gasteiger partial charge in [-0.1, -0.05) is 6.07 Å². The van der Waals surface area contributed by atoms with Crippen LogP contribution in [0.15, 0.2) is 59.8 Å². The monoisotopic (exact) mass is 394 g/mol. The molecular weight excluding hydrogens is 368 g/mol. The fraction of sp³-hybridized carbons (Fsp3) is 0.286.